The molecule has 1 aliphatic rings. The summed E-state index contributed by atoms with van der Waals surface area (Å²) < 4.78 is 6.19. The average molecular weight is 372 g/mol. The second-order valence-corrected chi connectivity index (χ2v) is 7.51. The van der Waals surface area contributed by atoms with Crippen molar-refractivity contribution in [2.24, 2.45) is 0 Å². The van der Waals surface area contributed by atoms with Crippen molar-refractivity contribution >= 4 is 17.3 Å². The first-order chi connectivity index (χ1) is 13.4. The molecule has 142 valence electrons. The zero-order valence-electron chi connectivity index (χ0n) is 16.6. The number of nitrogens with zero attached hydrogens (tertiary/aromatic N) is 2. The lowest BCUT2D eigenvalue weighted by atomic mass is 9.79. The third-order valence-corrected chi connectivity index (χ3v) is 5.31. The van der Waals surface area contributed by atoms with Crippen LogP contribution in [0.15, 0.2) is 72.8 Å². The van der Waals surface area contributed by atoms with E-state index in [2.05, 4.69) is 34.1 Å². The Morgan fingerprint density at radius 2 is 1.25 bits per heavy atom. The van der Waals surface area contributed by atoms with E-state index in [9.17, 15) is 4.79 Å². The van der Waals surface area contributed by atoms with E-state index in [1.807, 2.05) is 76.7 Å². The van der Waals surface area contributed by atoms with Gasteiger partial charge in [0, 0.05) is 56.3 Å². The predicted molar refractivity (Wildman–Crippen MR) is 113 cm³/mol. The maximum absolute atomic E-state index is 12.8. The van der Waals surface area contributed by atoms with Crippen LogP contribution in [-0.4, -0.2) is 34.2 Å². The quantitative estimate of drug-likeness (QED) is 0.640. The van der Waals surface area contributed by atoms with Crippen LogP contribution in [0.1, 0.15) is 27.0 Å². The van der Waals surface area contributed by atoms with Crippen LogP contribution < -0.4 is 9.80 Å². The number of esters is 1. The minimum absolute atomic E-state index is 0.291. The van der Waals surface area contributed by atoms with Crippen molar-refractivity contribution in [2.45, 2.75) is 5.60 Å². The minimum atomic E-state index is -0.967. The zero-order chi connectivity index (χ0) is 19.9. The maximum atomic E-state index is 12.8. The van der Waals surface area contributed by atoms with E-state index in [1.165, 1.54) is 0 Å². The Kier molecular flexibility index (Phi) is 4.34. The zero-order valence-corrected chi connectivity index (χ0v) is 16.6. The number of fused-ring (bicyclic) bond motifs is 1. The van der Waals surface area contributed by atoms with E-state index >= 15 is 0 Å². The van der Waals surface area contributed by atoms with Gasteiger partial charge in [-0.15, -0.1) is 0 Å². The van der Waals surface area contributed by atoms with Gasteiger partial charge in [-0.3, -0.25) is 0 Å². The number of hydrogen-bond donors (Lipinski definition) is 0. The largest absolute Gasteiger partial charge is 0.441 e. The number of carbonyl (C=O) groups is 1. The number of anilines is 2. The van der Waals surface area contributed by atoms with Crippen molar-refractivity contribution in [2.75, 3.05) is 38.0 Å². The SMILES string of the molecule is CN(C)c1cccc(C2(c3cccc(N(C)C)c3)OC(=O)c3ccccc32)c1. The molecular weight excluding hydrogens is 348 g/mol. The third kappa shape index (κ3) is 2.73. The summed E-state index contributed by atoms with van der Waals surface area (Å²) in [5.74, 6) is -0.291. The fourth-order valence-corrected chi connectivity index (χ4v) is 3.82. The molecule has 0 bridgehead atoms. The lowest BCUT2D eigenvalue weighted by Crippen LogP contribution is -2.30. The molecule has 4 nitrogen and oxygen atoms in total. The number of benzene rings is 3. The van der Waals surface area contributed by atoms with Crippen molar-refractivity contribution in [3.05, 3.63) is 95.1 Å². The highest BCUT2D eigenvalue weighted by Gasteiger charge is 2.48. The molecule has 3 aromatic carbocycles. The predicted octanol–water partition coefficient (Wildman–Crippen LogP) is 4.28. The maximum Gasteiger partial charge on any atom is 0.340 e. The summed E-state index contributed by atoms with van der Waals surface area (Å²) >= 11 is 0. The summed E-state index contributed by atoms with van der Waals surface area (Å²) in [6, 6.07) is 24.0. The number of cyclic esters (lactones) is 1. The highest BCUT2D eigenvalue weighted by molar-refractivity contribution is 5.96. The smallest absolute Gasteiger partial charge is 0.340 e. The highest BCUT2D eigenvalue weighted by Crippen LogP contribution is 2.48. The molecule has 0 unspecified atom stereocenters. The molecule has 0 aromatic heterocycles. The van der Waals surface area contributed by atoms with Gasteiger partial charge in [-0.25, -0.2) is 4.79 Å². The molecule has 1 aliphatic heterocycles. The monoisotopic (exact) mass is 372 g/mol. The van der Waals surface area contributed by atoms with Gasteiger partial charge >= 0.3 is 5.97 Å². The normalized spacial score (nSPS) is 14.4. The number of carbonyl (C=O) groups excluding carboxylic acids is 1. The van der Waals surface area contributed by atoms with Gasteiger partial charge in [-0.05, 0) is 30.3 Å². The Bertz CT molecular complexity index is 989. The second-order valence-electron chi connectivity index (χ2n) is 7.51. The van der Waals surface area contributed by atoms with Gasteiger partial charge in [0.15, 0.2) is 5.60 Å². The first-order valence-corrected chi connectivity index (χ1v) is 9.32. The molecule has 0 spiro atoms. The van der Waals surface area contributed by atoms with E-state index in [4.69, 9.17) is 4.74 Å². The van der Waals surface area contributed by atoms with Gasteiger partial charge in [0.2, 0.25) is 0 Å². The molecule has 0 atom stereocenters. The van der Waals surface area contributed by atoms with Crippen LogP contribution in [0.5, 0.6) is 0 Å². The first-order valence-electron chi connectivity index (χ1n) is 9.32. The van der Waals surface area contributed by atoms with Crippen LogP contribution in [0.3, 0.4) is 0 Å². The van der Waals surface area contributed by atoms with E-state index in [-0.39, 0.29) is 5.97 Å². The highest BCUT2D eigenvalue weighted by atomic mass is 16.6. The Morgan fingerprint density at radius 1 is 0.714 bits per heavy atom. The van der Waals surface area contributed by atoms with Crippen LogP contribution in [0.4, 0.5) is 11.4 Å². The summed E-state index contributed by atoms with van der Waals surface area (Å²) in [5.41, 5.74) is 4.52. The van der Waals surface area contributed by atoms with Crippen LogP contribution >= 0.6 is 0 Å². The first kappa shape index (κ1) is 18.1. The average Bonchev–Trinajstić information content (AvgIpc) is 3.02. The fourth-order valence-electron chi connectivity index (χ4n) is 3.82. The summed E-state index contributed by atoms with van der Waals surface area (Å²) in [5, 5.41) is 0. The van der Waals surface area contributed by atoms with Crippen LogP contribution in [0.2, 0.25) is 0 Å². The molecule has 1 heterocycles. The van der Waals surface area contributed by atoms with E-state index in [1.54, 1.807) is 0 Å². The van der Waals surface area contributed by atoms with E-state index in [0.717, 1.165) is 28.1 Å². The van der Waals surface area contributed by atoms with Crippen molar-refractivity contribution in [1.29, 1.82) is 0 Å². The molecule has 4 rings (SSSR count). The van der Waals surface area contributed by atoms with Gasteiger partial charge in [-0.2, -0.15) is 0 Å². The fraction of sp³-hybridized carbons (Fsp3) is 0.208. The summed E-state index contributed by atoms with van der Waals surface area (Å²) in [4.78, 5) is 16.9. The molecular formula is C24H24N2O2. The topological polar surface area (TPSA) is 32.8 Å². The van der Waals surface area contributed by atoms with Crippen LogP contribution in [0, 0.1) is 0 Å². The lowest BCUT2D eigenvalue weighted by molar-refractivity contribution is 0.0251. The van der Waals surface area contributed by atoms with Crippen molar-refractivity contribution < 1.29 is 9.53 Å². The van der Waals surface area contributed by atoms with Crippen molar-refractivity contribution in [3.63, 3.8) is 0 Å². The third-order valence-electron chi connectivity index (χ3n) is 5.31. The number of rotatable bonds is 4. The lowest BCUT2D eigenvalue weighted by Gasteiger charge is -2.32. The molecule has 3 aromatic rings. The summed E-state index contributed by atoms with van der Waals surface area (Å²) in [6.45, 7) is 0. The van der Waals surface area contributed by atoms with Crippen LogP contribution in [0.25, 0.3) is 0 Å². The van der Waals surface area contributed by atoms with Crippen molar-refractivity contribution in [1.82, 2.24) is 0 Å². The van der Waals surface area contributed by atoms with Gasteiger partial charge < -0.3 is 14.5 Å². The molecule has 28 heavy (non-hydrogen) atoms. The van der Waals surface area contributed by atoms with Gasteiger partial charge in [-0.1, -0.05) is 42.5 Å². The molecule has 0 radical (unpaired) electrons. The molecule has 0 N–H and O–H groups in total. The van der Waals surface area contributed by atoms with E-state index < -0.39 is 5.60 Å². The number of hydrogen-bond acceptors (Lipinski definition) is 4. The molecule has 0 fully saturated rings. The number of ether oxygens (including phenoxy) is 1. The second kappa shape index (κ2) is 6.71. The Balaban J connectivity index is 2.03. The van der Waals surface area contributed by atoms with E-state index in [0.29, 0.717) is 5.56 Å². The Labute approximate surface area is 166 Å². The molecule has 0 saturated heterocycles. The summed E-state index contributed by atoms with van der Waals surface area (Å²) in [7, 11) is 8.03. The molecule has 0 saturated carbocycles. The van der Waals surface area contributed by atoms with Crippen molar-refractivity contribution in [3.8, 4) is 0 Å². The van der Waals surface area contributed by atoms with Gasteiger partial charge in [0.1, 0.15) is 0 Å². The molecule has 0 amide bonds. The van der Waals surface area contributed by atoms with Gasteiger partial charge in [0.25, 0.3) is 0 Å². The molecule has 4 heteroatoms. The van der Waals surface area contributed by atoms with Gasteiger partial charge in [0.05, 0.1) is 5.56 Å². The minimum Gasteiger partial charge on any atom is -0.441 e. The standard InChI is InChI=1S/C24H24N2O2/c1-25(2)19-11-7-9-17(15-19)24(18-10-8-12-20(16-18)26(3)4)22-14-6-5-13-21(22)23(27)28-24/h5-16H,1-4H3. The Hall–Kier alpha value is -3.27. The summed E-state index contributed by atoms with van der Waals surface area (Å²) in [6.07, 6.45) is 0. The van der Waals surface area contributed by atoms with Crippen LogP contribution in [-0.2, 0) is 10.3 Å². The molecule has 0 aliphatic carbocycles. The Morgan fingerprint density at radius 3 is 1.79 bits per heavy atom.